The molecule has 0 bridgehead atoms. The molecule has 0 saturated carbocycles. The van der Waals surface area contributed by atoms with Gasteiger partial charge in [-0.25, -0.2) is 4.98 Å². The molecule has 0 aliphatic heterocycles. The molecule has 20 heavy (non-hydrogen) atoms. The Morgan fingerprint density at radius 2 is 2.10 bits per heavy atom. The number of hydrogen-bond donors (Lipinski definition) is 1. The summed E-state index contributed by atoms with van der Waals surface area (Å²) in [6.45, 7) is 2.14. The van der Waals surface area contributed by atoms with Crippen LogP contribution in [0.15, 0.2) is 24.5 Å². The predicted octanol–water partition coefficient (Wildman–Crippen LogP) is 3.26. The minimum Gasteiger partial charge on any atom is -0.374 e. The molecule has 0 radical (unpaired) electrons. The number of aromatic nitrogens is 4. The SMILES string of the molecule is CCCc1nc(-c2cccnc2)sc1-c1nnc(N)s1. The van der Waals surface area contributed by atoms with E-state index in [9.17, 15) is 0 Å². The first-order valence-corrected chi connectivity index (χ1v) is 7.90. The van der Waals surface area contributed by atoms with Crippen molar-refractivity contribution >= 4 is 27.8 Å². The van der Waals surface area contributed by atoms with Crippen LogP contribution in [0.25, 0.3) is 20.5 Å². The smallest absolute Gasteiger partial charge is 0.203 e. The van der Waals surface area contributed by atoms with Crippen molar-refractivity contribution in [3.05, 3.63) is 30.2 Å². The van der Waals surface area contributed by atoms with Gasteiger partial charge < -0.3 is 5.73 Å². The second-order valence-corrected chi connectivity index (χ2v) is 6.24. The van der Waals surface area contributed by atoms with Crippen LogP contribution in [-0.2, 0) is 6.42 Å². The van der Waals surface area contributed by atoms with Crippen molar-refractivity contribution in [1.82, 2.24) is 20.2 Å². The summed E-state index contributed by atoms with van der Waals surface area (Å²) in [5.74, 6) is 0. The predicted molar refractivity (Wildman–Crippen MR) is 82.7 cm³/mol. The lowest BCUT2D eigenvalue weighted by atomic mass is 10.2. The van der Waals surface area contributed by atoms with Crippen molar-refractivity contribution in [2.45, 2.75) is 19.8 Å². The van der Waals surface area contributed by atoms with Crippen LogP contribution >= 0.6 is 22.7 Å². The Hall–Kier alpha value is -1.86. The number of nitrogens with two attached hydrogens (primary N) is 1. The van der Waals surface area contributed by atoms with Gasteiger partial charge in [0.05, 0.1) is 10.6 Å². The van der Waals surface area contributed by atoms with Crippen LogP contribution < -0.4 is 5.73 Å². The first-order valence-electron chi connectivity index (χ1n) is 6.27. The summed E-state index contributed by atoms with van der Waals surface area (Å²) >= 11 is 3.02. The highest BCUT2D eigenvalue weighted by molar-refractivity contribution is 7.24. The van der Waals surface area contributed by atoms with Crippen LogP contribution in [0.5, 0.6) is 0 Å². The third-order valence-electron chi connectivity index (χ3n) is 2.73. The van der Waals surface area contributed by atoms with E-state index in [0.717, 1.165) is 39.0 Å². The molecule has 0 aliphatic rings. The lowest BCUT2D eigenvalue weighted by Gasteiger charge is -1.94. The van der Waals surface area contributed by atoms with E-state index in [-0.39, 0.29) is 0 Å². The van der Waals surface area contributed by atoms with E-state index < -0.39 is 0 Å². The summed E-state index contributed by atoms with van der Waals surface area (Å²) in [6, 6.07) is 3.93. The minimum absolute atomic E-state index is 0.485. The second kappa shape index (κ2) is 5.64. The van der Waals surface area contributed by atoms with Crippen LogP contribution in [0.4, 0.5) is 5.13 Å². The number of pyridine rings is 1. The molecule has 0 fully saturated rings. The van der Waals surface area contributed by atoms with Crippen molar-refractivity contribution in [3.8, 4) is 20.5 Å². The number of rotatable bonds is 4. The minimum atomic E-state index is 0.485. The lowest BCUT2D eigenvalue weighted by Crippen LogP contribution is -1.87. The molecule has 102 valence electrons. The van der Waals surface area contributed by atoms with Crippen molar-refractivity contribution < 1.29 is 0 Å². The van der Waals surface area contributed by atoms with Gasteiger partial charge in [0.2, 0.25) is 5.13 Å². The van der Waals surface area contributed by atoms with E-state index in [1.165, 1.54) is 11.3 Å². The maximum atomic E-state index is 5.68. The second-order valence-electron chi connectivity index (χ2n) is 4.23. The normalized spacial score (nSPS) is 10.8. The monoisotopic (exact) mass is 303 g/mol. The molecule has 0 unspecified atom stereocenters. The van der Waals surface area contributed by atoms with Gasteiger partial charge in [0.1, 0.15) is 5.01 Å². The molecular formula is C13H13N5S2. The molecule has 2 N–H and O–H groups in total. The first-order chi connectivity index (χ1) is 9.78. The van der Waals surface area contributed by atoms with Crippen LogP contribution in [-0.4, -0.2) is 20.2 Å². The van der Waals surface area contributed by atoms with Crippen LogP contribution in [0.2, 0.25) is 0 Å². The Morgan fingerprint density at radius 3 is 2.75 bits per heavy atom. The molecule has 3 aromatic heterocycles. The van der Waals surface area contributed by atoms with Gasteiger partial charge in [0.25, 0.3) is 0 Å². The molecule has 5 nitrogen and oxygen atoms in total. The van der Waals surface area contributed by atoms with Crippen molar-refractivity contribution in [2.24, 2.45) is 0 Å². The molecule has 3 rings (SSSR count). The van der Waals surface area contributed by atoms with E-state index >= 15 is 0 Å². The molecule has 0 saturated heterocycles. The van der Waals surface area contributed by atoms with E-state index in [2.05, 4.69) is 22.1 Å². The maximum absolute atomic E-state index is 5.68. The van der Waals surface area contributed by atoms with Gasteiger partial charge in [0.15, 0.2) is 5.01 Å². The lowest BCUT2D eigenvalue weighted by molar-refractivity contribution is 0.894. The van der Waals surface area contributed by atoms with Gasteiger partial charge in [-0.05, 0) is 18.6 Å². The Morgan fingerprint density at radius 1 is 1.20 bits per heavy atom. The highest BCUT2D eigenvalue weighted by atomic mass is 32.1. The molecule has 0 aromatic carbocycles. The van der Waals surface area contributed by atoms with Crippen molar-refractivity contribution in [2.75, 3.05) is 5.73 Å². The van der Waals surface area contributed by atoms with E-state index in [1.54, 1.807) is 17.5 Å². The van der Waals surface area contributed by atoms with Crippen molar-refractivity contribution in [1.29, 1.82) is 0 Å². The van der Waals surface area contributed by atoms with Gasteiger partial charge in [0, 0.05) is 18.0 Å². The molecule has 7 heteroatoms. The van der Waals surface area contributed by atoms with Crippen molar-refractivity contribution in [3.63, 3.8) is 0 Å². The van der Waals surface area contributed by atoms with Crippen LogP contribution in [0, 0.1) is 0 Å². The number of nitrogens with zero attached hydrogens (tertiary/aromatic N) is 4. The standard InChI is InChI=1S/C13H13N5S2/c1-2-4-9-10(12-17-18-13(14)20-12)19-11(16-9)8-5-3-6-15-7-8/h3,5-7H,2,4H2,1H3,(H2,14,18). The van der Waals surface area contributed by atoms with Gasteiger partial charge in [-0.15, -0.1) is 21.5 Å². The topological polar surface area (TPSA) is 77.6 Å². The number of aryl methyl sites for hydroxylation is 1. The van der Waals surface area contributed by atoms with Crippen LogP contribution in [0.3, 0.4) is 0 Å². The van der Waals surface area contributed by atoms with Crippen LogP contribution in [0.1, 0.15) is 19.0 Å². The molecule has 0 spiro atoms. The Bertz CT molecular complexity index is 705. The molecule has 0 atom stereocenters. The summed E-state index contributed by atoms with van der Waals surface area (Å²) in [7, 11) is 0. The zero-order valence-electron chi connectivity index (χ0n) is 10.9. The van der Waals surface area contributed by atoms with E-state index in [0.29, 0.717) is 5.13 Å². The third kappa shape index (κ3) is 2.54. The average Bonchev–Trinajstić information content (AvgIpc) is 3.07. The van der Waals surface area contributed by atoms with E-state index in [4.69, 9.17) is 10.7 Å². The number of hydrogen-bond acceptors (Lipinski definition) is 7. The third-order valence-corrected chi connectivity index (χ3v) is 4.78. The highest BCUT2D eigenvalue weighted by Crippen LogP contribution is 2.37. The first kappa shape index (κ1) is 13.1. The van der Waals surface area contributed by atoms with Gasteiger partial charge in [-0.1, -0.05) is 24.7 Å². The zero-order valence-corrected chi connectivity index (χ0v) is 12.5. The Kier molecular flexibility index (Phi) is 3.70. The van der Waals surface area contributed by atoms with Gasteiger partial charge in [-0.2, -0.15) is 0 Å². The fraction of sp³-hybridized carbons (Fsp3) is 0.231. The van der Waals surface area contributed by atoms with Gasteiger partial charge in [-0.3, -0.25) is 4.98 Å². The largest absolute Gasteiger partial charge is 0.374 e. The Balaban J connectivity index is 2.07. The molecule has 0 amide bonds. The summed E-state index contributed by atoms with van der Waals surface area (Å²) < 4.78 is 0. The number of nitrogen functional groups attached to an aromatic ring is 1. The highest BCUT2D eigenvalue weighted by Gasteiger charge is 2.17. The number of anilines is 1. The number of thiazole rings is 1. The summed E-state index contributed by atoms with van der Waals surface area (Å²) in [5, 5.41) is 10.3. The fourth-order valence-corrected chi connectivity index (χ4v) is 3.67. The summed E-state index contributed by atoms with van der Waals surface area (Å²) in [4.78, 5) is 9.95. The average molecular weight is 303 g/mol. The summed E-state index contributed by atoms with van der Waals surface area (Å²) in [5.41, 5.74) is 7.77. The zero-order chi connectivity index (χ0) is 13.9. The van der Waals surface area contributed by atoms with E-state index in [1.807, 2.05) is 18.3 Å². The van der Waals surface area contributed by atoms with Gasteiger partial charge >= 0.3 is 0 Å². The summed E-state index contributed by atoms with van der Waals surface area (Å²) in [6.07, 6.45) is 5.55. The quantitative estimate of drug-likeness (QED) is 0.800. The maximum Gasteiger partial charge on any atom is 0.203 e. The fourth-order valence-electron chi connectivity index (χ4n) is 1.86. The molecule has 3 aromatic rings. The molecule has 3 heterocycles. The Labute approximate surface area is 124 Å². The molecule has 0 aliphatic carbocycles. The molecular weight excluding hydrogens is 290 g/mol.